The van der Waals surface area contributed by atoms with Gasteiger partial charge >= 0.3 is 6.61 Å². The van der Waals surface area contributed by atoms with E-state index in [1.54, 1.807) is 6.08 Å². The van der Waals surface area contributed by atoms with Gasteiger partial charge in [0.15, 0.2) is 0 Å². The molecule has 1 aliphatic heterocycles. The number of amides is 1. The van der Waals surface area contributed by atoms with Crippen LogP contribution in [-0.4, -0.2) is 56.6 Å². The normalized spacial score (nSPS) is 15.4. The van der Waals surface area contributed by atoms with E-state index in [-0.39, 0.29) is 23.7 Å². The summed E-state index contributed by atoms with van der Waals surface area (Å²) < 4.78 is 55.9. The number of anilines is 1. The third-order valence-corrected chi connectivity index (χ3v) is 6.64. The van der Waals surface area contributed by atoms with E-state index >= 15 is 0 Å². The molecule has 0 radical (unpaired) electrons. The first-order valence-corrected chi connectivity index (χ1v) is 10.8. The van der Waals surface area contributed by atoms with Crippen molar-refractivity contribution in [3.8, 4) is 5.75 Å². The second-order valence-corrected chi connectivity index (χ2v) is 8.55. The van der Waals surface area contributed by atoms with E-state index in [4.69, 9.17) is 5.21 Å². The van der Waals surface area contributed by atoms with Gasteiger partial charge in [-0.1, -0.05) is 18.2 Å². The Balaban J connectivity index is 1.69. The van der Waals surface area contributed by atoms with Gasteiger partial charge in [0.25, 0.3) is 5.91 Å². The maximum atomic E-state index is 12.9. The molecule has 0 atom stereocenters. The lowest BCUT2D eigenvalue weighted by Gasteiger charge is -2.36. The van der Waals surface area contributed by atoms with Gasteiger partial charge in [-0.2, -0.15) is 13.1 Å². The van der Waals surface area contributed by atoms with E-state index in [9.17, 15) is 22.0 Å². The van der Waals surface area contributed by atoms with Gasteiger partial charge in [0.2, 0.25) is 10.0 Å². The molecule has 0 aromatic heterocycles. The molecule has 0 unspecified atom stereocenters. The average Bonchev–Trinajstić information content (AvgIpc) is 2.77. The molecule has 2 N–H and O–H groups in total. The van der Waals surface area contributed by atoms with Crippen LogP contribution in [0.3, 0.4) is 0 Å². The molecule has 1 saturated heterocycles. The Morgan fingerprint density at radius 1 is 1.06 bits per heavy atom. The lowest BCUT2D eigenvalue weighted by Crippen LogP contribution is -2.48. The zero-order valence-electron chi connectivity index (χ0n) is 16.3. The number of hydrogen-bond acceptors (Lipinski definition) is 6. The number of ether oxygens (including phenoxy) is 1. The van der Waals surface area contributed by atoms with Crippen molar-refractivity contribution in [3.63, 3.8) is 0 Å². The number of nitrogens with zero attached hydrogens (tertiary/aromatic N) is 2. The molecule has 0 bridgehead atoms. The van der Waals surface area contributed by atoms with E-state index in [2.05, 4.69) is 4.74 Å². The van der Waals surface area contributed by atoms with Crippen LogP contribution in [0.4, 0.5) is 14.5 Å². The van der Waals surface area contributed by atoms with Crippen LogP contribution in [-0.2, 0) is 14.8 Å². The topological polar surface area (TPSA) is 99.2 Å². The SMILES string of the molecule is O=C(/C=C/c1ccccc1N1CCN(S(=O)(=O)c2ccc(OC(F)F)cc2)CC1)NO. The molecule has 31 heavy (non-hydrogen) atoms. The fourth-order valence-corrected chi connectivity index (χ4v) is 4.65. The number of carbonyl (C=O) groups is 1. The van der Waals surface area contributed by atoms with Crippen molar-refractivity contribution in [2.75, 3.05) is 31.1 Å². The van der Waals surface area contributed by atoms with E-state index in [0.717, 1.165) is 11.3 Å². The minimum Gasteiger partial charge on any atom is -0.435 e. The van der Waals surface area contributed by atoms with Crippen LogP contribution in [0.1, 0.15) is 5.56 Å². The highest BCUT2D eigenvalue weighted by molar-refractivity contribution is 7.89. The molecule has 166 valence electrons. The van der Waals surface area contributed by atoms with Crippen LogP contribution < -0.4 is 15.1 Å². The van der Waals surface area contributed by atoms with Gasteiger partial charge in [0.05, 0.1) is 4.90 Å². The summed E-state index contributed by atoms with van der Waals surface area (Å²) in [6.45, 7) is -1.68. The molecule has 11 heteroatoms. The lowest BCUT2D eigenvalue weighted by atomic mass is 10.1. The molecule has 0 aliphatic carbocycles. The first-order chi connectivity index (χ1) is 14.8. The van der Waals surface area contributed by atoms with Gasteiger partial charge in [-0.3, -0.25) is 10.0 Å². The van der Waals surface area contributed by atoms with E-state index in [1.165, 1.54) is 40.1 Å². The number of para-hydroxylation sites is 1. The van der Waals surface area contributed by atoms with Crippen LogP contribution in [0.15, 0.2) is 59.5 Å². The first kappa shape index (κ1) is 22.7. The quantitative estimate of drug-likeness (QED) is 0.379. The maximum absolute atomic E-state index is 12.9. The van der Waals surface area contributed by atoms with Crippen LogP contribution in [0.25, 0.3) is 6.08 Å². The summed E-state index contributed by atoms with van der Waals surface area (Å²) in [6, 6.07) is 12.2. The number of rotatable bonds is 7. The Morgan fingerprint density at radius 3 is 2.32 bits per heavy atom. The second kappa shape index (κ2) is 9.86. The molecular formula is C20H21F2N3O5S. The zero-order valence-corrected chi connectivity index (χ0v) is 17.1. The van der Waals surface area contributed by atoms with Crippen molar-refractivity contribution in [2.24, 2.45) is 0 Å². The minimum atomic E-state index is -3.78. The molecule has 1 fully saturated rings. The molecule has 1 amide bonds. The predicted molar refractivity (Wildman–Crippen MR) is 109 cm³/mol. The number of halogens is 2. The molecular weight excluding hydrogens is 432 g/mol. The fraction of sp³-hybridized carbons (Fsp3) is 0.250. The molecule has 0 spiro atoms. The molecule has 0 saturated carbocycles. The third kappa shape index (κ3) is 5.57. The van der Waals surface area contributed by atoms with Gasteiger partial charge < -0.3 is 9.64 Å². The minimum absolute atomic E-state index is 0.000848. The number of hydrogen-bond donors (Lipinski definition) is 2. The summed E-state index contributed by atoms with van der Waals surface area (Å²) >= 11 is 0. The van der Waals surface area contributed by atoms with Crippen LogP contribution in [0.5, 0.6) is 5.75 Å². The van der Waals surface area contributed by atoms with Crippen molar-refractivity contribution < 1.29 is 31.9 Å². The number of nitrogens with one attached hydrogen (secondary N) is 1. The Hall–Kier alpha value is -3.02. The fourth-order valence-electron chi connectivity index (χ4n) is 3.23. The summed E-state index contributed by atoms with van der Waals surface area (Å²) in [4.78, 5) is 13.3. The Kier molecular flexibility index (Phi) is 7.21. The molecule has 2 aromatic carbocycles. The first-order valence-electron chi connectivity index (χ1n) is 9.32. The summed E-state index contributed by atoms with van der Waals surface area (Å²) in [6.07, 6.45) is 2.76. The zero-order chi connectivity index (χ0) is 22.4. The highest BCUT2D eigenvalue weighted by Gasteiger charge is 2.29. The average molecular weight is 453 g/mol. The largest absolute Gasteiger partial charge is 0.435 e. The Labute approximate surface area is 178 Å². The highest BCUT2D eigenvalue weighted by Crippen LogP contribution is 2.26. The second-order valence-electron chi connectivity index (χ2n) is 6.61. The van der Waals surface area contributed by atoms with Crippen molar-refractivity contribution in [1.82, 2.24) is 9.79 Å². The standard InChI is InChI=1S/C20H21F2N3O5S/c21-20(22)30-16-6-8-17(9-7-16)31(28,29)25-13-11-24(12-14-25)18-4-2-1-3-15(18)5-10-19(26)23-27/h1-10,20,27H,11-14H2,(H,23,26)/b10-5+. The Morgan fingerprint density at radius 2 is 1.71 bits per heavy atom. The number of piperazine rings is 1. The van der Waals surface area contributed by atoms with Crippen LogP contribution in [0.2, 0.25) is 0 Å². The molecule has 8 nitrogen and oxygen atoms in total. The lowest BCUT2D eigenvalue weighted by molar-refractivity contribution is -0.124. The van der Waals surface area contributed by atoms with Crippen molar-refractivity contribution in [1.29, 1.82) is 0 Å². The smallest absolute Gasteiger partial charge is 0.387 e. The van der Waals surface area contributed by atoms with Gasteiger partial charge in [-0.25, -0.2) is 13.9 Å². The van der Waals surface area contributed by atoms with Gasteiger partial charge in [-0.05, 0) is 42.0 Å². The summed E-state index contributed by atoms with van der Waals surface area (Å²) in [5, 5.41) is 8.62. The van der Waals surface area contributed by atoms with Crippen molar-refractivity contribution >= 4 is 27.7 Å². The number of hydroxylamine groups is 1. The molecule has 2 aromatic rings. The third-order valence-electron chi connectivity index (χ3n) is 4.73. The Bertz CT molecular complexity index is 1040. The van der Waals surface area contributed by atoms with Crippen LogP contribution >= 0.6 is 0 Å². The van der Waals surface area contributed by atoms with Gasteiger partial charge in [0, 0.05) is 37.9 Å². The predicted octanol–water partition coefficient (Wildman–Crippen LogP) is 2.32. The monoisotopic (exact) mass is 453 g/mol. The summed E-state index contributed by atoms with van der Waals surface area (Å²) in [5.41, 5.74) is 3.10. The number of alkyl halides is 2. The van der Waals surface area contributed by atoms with E-state index < -0.39 is 22.5 Å². The molecule has 3 rings (SSSR count). The van der Waals surface area contributed by atoms with Crippen molar-refractivity contribution in [3.05, 3.63) is 60.2 Å². The van der Waals surface area contributed by atoms with E-state index in [0.29, 0.717) is 13.1 Å². The van der Waals surface area contributed by atoms with E-state index in [1.807, 2.05) is 29.2 Å². The number of sulfonamides is 1. The van der Waals surface area contributed by atoms with Gasteiger partial charge in [0.1, 0.15) is 5.75 Å². The summed E-state index contributed by atoms with van der Waals surface area (Å²) in [7, 11) is -3.78. The highest BCUT2D eigenvalue weighted by atomic mass is 32.2. The molecule has 1 aliphatic rings. The number of benzene rings is 2. The summed E-state index contributed by atoms with van der Waals surface area (Å²) in [5.74, 6) is -0.769. The molecule has 1 heterocycles. The maximum Gasteiger partial charge on any atom is 0.387 e. The number of carbonyl (C=O) groups excluding carboxylic acids is 1. The van der Waals surface area contributed by atoms with Crippen LogP contribution in [0, 0.1) is 0 Å². The van der Waals surface area contributed by atoms with Crippen molar-refractivity contribution in [2.45, 2.75) is 11.5 Å². The van der Waals surface area contributed by atoms with Gasteiger partial charge in [-0.15, -0.1) is 0 Å².